The molecule has 0 spiro atoms. The van der Waals surface area contributed by atoms with Gasteiger partial charge in [0.2, 0.25) is 0 Å². The van der Waals surface area contributed by atoms with E-state index in [2.05, 4.69) is 10.1 Å². The number of pyridine rings is 1. The molecule has 2 aromatic heterocycles. The minimum absolute atomic E-state index is 0.166. The number of carbonyl (C=O) groups excluding carboxylic acids is 1. The van der Waals surface area contributed by atoms with Crippen molar-refractivity contribution in [3.63, 3.8) is 0 Å². The lowest BCUT2D eigenvalue weighted by Gasteiger charge is -2.12. The van der Waals surface area contributed by atoms with Crippen molar-refractivity contribution in [2.45, 2.75) is 39.5 Å². The summed E-state index contributed by atoms with van der Waals surface area (Å²) in [6.45, 7) is 6.25. The summed E-state index contributed by atoms with van der Waals surface area (Å²) in [4.78, 5) is 17.2. The van der Waals surface area contributed by atoms with Gasteiger partial charge in [0.1, 0.15) is 19.0 Å². The second-order valence-electron chi connectivity index (χ2n) is 7.02. The molecule has 1 aliphatic carbocycles. The van der Waals surface area contributed by atoms with E-state index in [1.165, 1.54) is 0 Å². The van der Waals surface area contributed by atoms with E-state index in [1.54, 1.807) is 6.92 Å². The van der Waals surface area contributed by atoms with Crippen molar-refractivity contribution >= 4 is 17.1 Å². The number of ether oxygens (including phenoxy) is 2. The third-order valence-corrected chi connectivity index (χ3v) is 4.82. The van der Waals surface area contributed by atoms with Gasteiger partial charge in [-0.2, -0.15) is 0 Å². The molecule has 0 radical (unpaired) electrons. The predicted octanol–water partition coefficient (Wildman–Crippen LogP) is 4.26. The number of para-hydroxylation sites is 1. The first-order valence-corrected chi connectivity index (χ1v) is 9.17. The van der Waals surface area contributed by atoms with Crippen LogP contribution in [0, 0.1) is 20.8 Å². The highest BCUT2D eigenvalue weighted by Gasteiger charge is 2.29. The Morgan fingerprint density at radius 2 is 1.93 bits per heavy atom. The van der Waals surface area contributed by atoms with Crippen LogP contribution in [0.2, 0.25) is 0 Å². The standard InChI is InChI=1S/C21H22N2O4/c1-12-5-4-6-13(2)19(12)25-9-10-26-21(24)16-11-17(15-7-8-15)22-20-18(16)14(3)23-27-20/h4-6,11,15H,7-10H2,1-3H3. The van der Waals surface area contributed by atoms with Crippen LogP contribution in [0.25, 0.3) is 11.1 Å². The fourth-order valence-electron chi connectivity index (χ4n) is 3.25. The number of nitrogens with zero attached hydrogens (tertiary/aromatic N) is 2. The summed E-state index contributed by atoms with van der Waals surface area (Å²) in [6.07, 6.45) is 2.17. The van der Waals surface area contributed by atoms with Crippen LogP contribution in [0.3, 0.4) is 0 Å². The normalized spacial score (nSPS) is 13.7. The number of aryl methyl sites for hydroxylation is 3. The van der Waals surface area contributed by atoms with Crippen LogP contribution < -0.4 is 4.74 Å². The van der Waals surface area contributed by atoms with Crippen molar-refractivity contribution in [3.8, 4) is 5.75 Å². The van der Waals surface area contributed by atoms with Crippen LogP contribution in [-0.4, -0.2) is 29.3 Å². The van der Waals surface area contributed by atoms with Crippen molar-refractivity contribution in [3.05, 3.63) is 52.3 Å². The minimum atomic E-state index is -0.402. The molecule has 27 heavy (non-hydrogen) atoms. The van der Waals surface area contributed by atoms with E-state index in [0.29, 0.717) is 34.9 Å². The van der Waals surface area contributed by atoms with Crippen molar-refractivity contribution in [2.75, 3.05) is 13.2 Å². The van der Waals surface area contributed by atoms with Gasteiger partial charge in [0.15, 0.2) is 0 Å². The first-order valence-electron chi connectivity index (χ1n) is 9.17. The number of hydrogen-bond acceptors (Lipinski definition) is 6. The predicted molar refractivity (Wildman–Crippen MR) is 100 cm³/mol. The fourth-order valence-corrected chi connectivity index (χ4v) is 3.25. The quantitative estimate of drug-likeness (QED) is 0.479. The monoisotopic (exact) mass is 366 g/mol. The van der Waals surface area contributed by atoms with Gasteiger partial charge in [-0.25, -0.2) is 9.78 Å². The van der Waals surface area contributed by atoms with E-state index in [-0.39, 0.29) is 6.61 Å². The number of rotatable bonds is 6. The van der Waals surface area contributed by atoms with E-state index in [0.717, 1.165) is 35.4 Å². The smallest absolute Gasteiger partial charge is 0.339 e. The number of benzene rings is 1. The summed E-state index contributed by atoms with van der Waals surface area (Å²) in [7, 11) is 0. The summed E-state index contributed by atoms with van der Waals surface area (Å²) in [5.41, 5.74) is 4.50. The lowest BCUT2D eigenvalue weighted by Crippen LogP contribution is -2.14. The van der Waals surface area contributed by atoms with Crippen molar-refractivity contribution in [2.24, 2.45) is 0 Å². The molecule has 1 saturated carbocycles. The Balaban J connectivity index is 1.46. The molecule has 0 bridgehead atoms. The van der Waals surface area contributed by atoms with Gasteiger partial charge >= 0.3 is 5.97 Å². The van der Waals surface area contributed by atoms with Gasteiger partial charge in [-0.15, -0.1) is 0 Å². The van der Waals surface area contributed by atoms with Gasteiger partial charge in [-0.3, -0.25) is 0 Å². The fraction of sp³-hybridized carbons (Fsp3) is 0.381. The Kier molecular flexibility index (Phi) is 4.56. The topological polar surface area (TPSA) is 74.5 Å². The third kappa shape index (κ3) is 3.52. The number of fused-ring (bicyclic) bond motifs is 1. The van der Waals surface area contributed by atoms with Crippen molar-refractivity contribution in [1.82, 2.24) is 10.1 Å². The molecule has 2 heterocycles. The van der Waals surface area contributed by atoms with E-state index >= 15 is 0 Å². The molecule has 6 nitrogen and oxygen atoms in total. The molecule has 6 heteroatoms. The van der Waals surface area contributed by atoms with Gasteiger partial charge in [0.25, 0.3) is 5.71 Å². The lowest BCUT2D eigenvalue weighted by atomic mass is 10.1. The van der Waals surface area contributed by atoms with Crippen LogP contribution in [-0.2, 0) is 4.74 Å². The first kappa shape index (κ1) is 17.5. The molecule has 4 rings (SSSR count). The maximum atomic E-state index is 12.7. The van der Waals surface area contributed by atoms with E-state index in [4.69, 9.17) is 14.0 Å². The van der Waals surface area contributed by atoms with Gasteiger partial charge in [-0.05, 0) is 50.8 Å². The second kappa shape index (κ2) is 7.02. The van der Waals surface area contributed by atoms with Crippen LogP contribution in [0.5, 0.6) is 5.75 Å². The van der Waals surface area contributed by atoms with Gasteiger partial charge in [0.05, 0.1) is 16.6 Å². The van der Waals surface area contributed by atoms with Crippen LogP contribution >= 0.6 is 0 Å². The first-order chi connectivity index (χ1) is 13.0. The summed E-state index contributed by atoms with van der Waals surface area (Å²) in [6, 6.07) is 7.80. The zero-order valence-electron chi connectivity index (χ0n) is 15.7. The molecule has 1 fully saturated rings. The molecule has 0 aliphatic heterocycles. The Labute approximate surface area is 157 Å². The zero-order valence-corrected chi connectivity index (χ0v) is 15.7. The summed E-state index contributed by atoms with van der Waals surface area (Å²) >= 11 is 0. The SMILES string of the molecule is Cc1cccc(C)c1OCCOC(=O)c1cc(C2CC2)nc2onc(C)c12. The number of aromatic nitrogens is 2. The van der Waals surface area contributed by atoms with Crippen LogP contribution in [0.15, 0.2) is 28.8 Å². The van der Waals surface area contributed by atoms with E-state index in [1.807, 2.05) is 38.1 Å². The lowest BCUT2D eigenvalue weighted by molar-refractivity contribution is 0.0452. The number of esters is 1. The third-order valence-electron chi connectivity index (χ3n) is 4.82. The highest BCUT2D eigenvalue weighted by atomic mass is 16.6. The number of hydrogen-bond donors (Lipinski definition) is 0. The maximum absolute atomic E-state index is 12.7. The van der Waals surface area contributed by atoms with Crippen molar-refractivity contribution in [1.29, 1.82) is 0 Å². The van der Waals surface area contributed by atoms with E-state index in [9.17, 15) is 4.79 Å². The zero-order chi connectivity index (χ0) is 19.0. The molecule has 0 N–H and O–H groups in total. The van der Waals surface area contributed by atoms with Gasteiger partial charge < -0.3 is 14.0 Å². The average molecular weight is 366 g/mol. The molecule has 1 aromatic carbocycles. The molecule has 3 aromatic rings. The highest BCUT2D eigenvalue weighted by molar-refractivity contribution is 6.03. The van der Waals surface area contributed by atoms with Crippen LogP contribution in [0.4, 0.5) is 0 Å². The number of carbonyl (C=O) groups is 1. The summed E-state index contributed by atoms with van der Waals surface area (Å²) in [5.74, 6) is 0.838. The molecule has 1 aliphatic rings. The molecular formula is C21H22N2O4. The Morgan fingerprint density at radius 3 is 2.63 bits per heavy atom. The summed E-state index contributed by atoms with van der Waals surface area (Å²) in [5, 5.41) is 4.57. The molecule has 0 amide bonds. The molecular weight excluding hydrogens is 344 g/mol. The molecule has 140 valence electrons. The largest absolute Gasteiger partial charge is 0.489 e. The second-order valence-corrected chi connectivity index (χ2v) is 7.02. The van der Waals surface area contributed by atoms with Gasteiger partial charge in [0, 0.05) is 11.6 Å². The molecule has 0 unspecified atom stereocenters. The minimum Gasteiger partial charge on any atom is -0.489 e. The molecule has 0 atom stereocenters. The Hall–Kier alpha value is -2.89. The Bertz CT molecular complexity index is 985. The van der Waals surface area contributed by atoms with Gasteiger partial charge in [-0.1, -0.05) is 23.4 Å². The average Bonchev–Trinajstić information content (AvgIpc) is 3.43. The maximum Gasteiger partial charge on any atom is 0.339 e. The Morgan fingerprint density at radius 1 is 1.19 bits per heavy atom. The highest BCUT2D eigenvalue weighted by Crippen LogP contribution is 2.40. The molecule has 0 saturated heterocycles. The van der Waals surface area contributed by atoms with Crippen molar-refractivity contribution < 1.29 is 18.8 Å². The van der Waals surface area contributed by atoms with Crippen LogP contribution in [0.1, 0.15) is 51.6 Å². The van der Waals surface area contributed by atoms with E-state index < -0.39 is 5.97 Å². The summed E-state index contributed by atoms with van der Waals surface area (Å²) < 4.78 is 16.5.